The lowest BCUT2D eigenvalue weighted by Gasteiger charge is -2.33. The van der Waals surface area contributed by atoms with Crippen molar-refractivity contribution in [2.75, 3.05) is 172 Å². The summed E-state index contributed by atoms with van der Waals surface area (Å²) in [6, 6.07) is 31.1. The van der Waals surface area contributed by atoms with Gasteiger partial charge in [0.05, 0.1) is 80.8 Å². The van der Waals surface area contributed by atoms with Gasteiger partial charge < -0.3 is 58.7 Å². The van der Waals surface area contributed by atoms with Crippen molar-refractivity contribution in [3.63, 3.8) is 0 Å². The van der Waals surface area contributed by atoms with Crippen molar-refractivity contribution in [2.45, 2.75) is 103 Å². The van der Waals surface area contributed by atoms with Gasteiger partial charge in [-0.3, -0.25) is 9.59 Å². The van der Waals surface area contributed by atoms with Crippen molar-refractivity contribution >= 4 is 117 Å². The van der Waals surface area contributed by atoms with Crippen molar-refractivity contribution in [2.24, 2.45) is 0 Å². The highest BCUT2D eigenvalue weighted by molar-refractivity contribution is 7.90. The minimum atomic E-state index is -3.85. The minimum absolute atomic E-state index is 0.0429. The average molecular weight is 1730 g/mol. The molecular formula is C79H103Cl6N9O15S3. The number of halogens is 6. The van der Waals surface area contributed by atoms with Crippen LogP contribution >= 0.6 is 69.6 Å². The molecule has 5 N–H and O–H groups in total. The van der Waals surface area contributed by atoms with Crippen LogP contribution in [0.5, 0.6) is 0 Å². The number of carbonyl (C=O) groups excluding carboxylic acids is 3. The van der Waals surface area contributed by atoms with E-state index in [0.717, 1.165) is 50.1 Å². The quantitative estimate of drug-likeness (QED) is 0.0222. The number of Topliss-reactive ketones (excluding diaryl/α,β-unsaturated/α-hetero) is 2. The third-order valence-corrected chi connectivity index (χ3v) is 25.6. The number of hydrogen-bond donors (Lipinski definition) is 5. The summed E-state index contributed by atoms with van der Waals surface area (Å²) in [5.41, 5.74) is 8.37. The molecule has 0 saturated heterocycles. The lowest BCUT2D eigenvalue weighted by Crippen LogP contribution is -2.42. The van der Waals surface area contributed by atoms with Gasteiger partial charge in [-0.1, -0.05) is 106 Å². The second kappa shape index (κ2) is 45.7. The molecule has 0 aliphatic carbocycles. The van der Waals surface area contributed by atoms with Gasteiger partial charge in [0.2, 0.25) is 30.1 Å². The molecule has 0 spiro atoms. The van der Waals surface area contributed by atoms with E-state index in [1.165, 1.54) is 0 Å². The third kappa shape index (κ3) is 28.7. The highest BCUT2D eigenvalue weighted by Gasteiger charge is 2.32. The standard InChI is InChI=1S/C79H103Cl6N9O15S3/c1-91-50-70(67-44-59(80)47-76(83)73(67)53-91)56-11-4-18-64(41-56)110(98,99)88-23-32-107-37-35-104-29-9-16-62(95)14-7-26-94(27-8-15-63(96)17-10-30-105-36-38-108-33-24-89-111(100,101)65-19-5-12-57(42-65)71-51-92(2)54-74-68(71)45-60(81)48-77(74)84)28-21-86-79(97)87-22-31-106-39-40-109-34-25-90-112(102,103)66-20-6-13-58(43-66)72-52-93(3)55-75-69(72)46-61(82)49-78(75)85/h4-6,11-13,18-20,41-49,70-72,88-90H,7-10,14-17,21-40,50-55H2,1-3H3,(H2,86,87,97)/t70-,71-,72-/m0/s1. The fourth-order valence-electron chi connectivity index (χ4n) is 14.0. The molecule has 3 aliphatic heterocycles. The number of carbonyl (C=O) groups is 3. The van der Waals surface area contributed by atoms with Gasteiger partial charge in [-0.05, 0) is 183 Å². The van der Waals surface area contributed by atoms with Crippen LogP contribution in [0.25, 0.3) is 0 Å². The average Bonchev–Trinajstić information content (AvgIpc) is 0.783. The van der Waals surface area contributed by atoms with Gasteiger partial charge in [-0.25, -0.2) is 44.2 Å². The number of fused-ring (bicyclic) bond motifs is 3. The molecule has 614 valence electrons. The summed E-state index contributed by atoms with van der Waals surface area (Å²) >= 11 is 38.9. The van der Waals surface area contributed by atoms with E-state index in [2.05, 4.69) is 44.4 Å². The molecule has 6 aromatic rings. The first-order valence-corrected chi connectivity index (χ1v) is 44.5. The molecule has 3 heterocycles. The molecule has 6 aromatic carbocycles. The largest absolute Gasteiger partial charge is 0.379 e. The number of rotatable bonds is 49. The molecule has 9 rings (SSSR count). The first-order chi connectivity index (χ1) is 53.7. The molecule has 0 radical (unpaired) electrons. The minimum Gasteiger partial charge on any atom is -0.379 e. The fourth-order valence-corrected chi connectivity index (χ4v) is 18.9. The third-order valence-electron chi connectivity index (χ3n) is 19.5. The van der Waals surface area contributed by atoms with Crippen LogP contribution in [-0.4, -0.2) is 235 Å². The molecule has 0 fully saturated rings. The van der Waals surface area contributed by atoms with Crippen LogP contribution in [-0.2, 0) is 87.7 Å². The number of nitrogens with one attached hydrogen (secondary N) is 5. The number of ketones is 2. The van der Waals surface area contributed by atoms with E-state index in [0.29, 0.717) is 160 Å². The number of likely N-dealkylation sites (N-methyl/N-ethyl adjacent to an activating group) is 3. The van der Waals surface area contributed by atoms with E-state index in [9.17, 15) is 39.6 Å². The highest BCUT2D eigenvalue weighted by Crippen LogP contribution is 2.42. The maximum absolute atomic E-state index is 13.4. The van der Waals surface area contributed by atoms with Gasteiger partial charge >= 0.3 is 6.03 Å². The number of benzene rings is 6. The van der Waals surface area contributed by atoms with E-state index in [1.807, 2.05) is 57.5 Å². The van der Waals surface area contributed by atoms with E-state index in [4.69, 9.17) is 98.0 Å². The highest BCUT2D eigenvalue weighted by atomic mass is 35.5. The van der Waals surface area contributed by atoms with E-state index in [-0.39, 0.29) is 142 Å². The number of hydrogen-bond acceptors (Lipinski definition) is 19. The first kappa shape index (κ1) is 90.9. The molecule has 0 unspecified atom stereocenters. The van der Waals surface area contributed by atoms with Gasteiger partial charge in [0.25, 0.3) is 0 Å². The smallest absolute Gasteiger partial charge is 0.314 e. The Bertz CT molecular complexity index is 4020. The monoisotopic (exact) mass is 1720 g/mol. The second-order valence-electron chi connectivity index (χ2n) is 28.2. The zero-order valence-electron chi connectivity index (χ0n) is 63.6. The predicted octanol–water partition coefficient (Wildman–Crippen LogP) is 11.5. The van der Waals surface area contributed by atoms with Gasteiger partial charge in [0, 0.05) is 165 Å². The maximum atomic E-state index is 13.4. The Balaban J connectivity index is 0.627. The first-order valence-electron chi connectivity index (χ1n) is 37.8. The maximum Gasteiger partial charge on any atom is 0.314 e. The summed E-state index contributed by atoms with van der Waals surface area (Å²) in [5, 5.41) is 8.98. The topological polar surface area (TPSA) is 282 Å². The van der Waals surface area contributed by atoms with Crippen LogP contribution < -0.4 is 24.8 Å². The molecule has 33 heteroatoms. The Morgan fingerprint density at radius 3 is 1.03 bits per heavy atom. The number of nitrogens with zero attached hydrogens (tertiary/aromatic N) is 4. The van der Waals surface area contributed by atoms with Gasteiger partial charge in [0.15, 0.2) is 0 Å². The molecule has 3 aliphatic rings. The van der Waals surface area contributed by atoms with Crippen molar-refractivity contribution < 1.29 is 68.1 Å². The zero-order valence-corrected chi connectivity index (χ0v) is 70.6. The molecule has 0 aromatic heterocycles. The lowest BCUT2D eigenvalue weighted by molar-refractivity contribution is -0.120. The number of ether oxygens (including phenoxy) is 6. The van der Waals surface area contributed by atoms with Crippen molar-refractivity contribution in [1.29, 1.82) is 0 Å². The summed E-state index contributed by atoms with van der Waals surface area (Å²) in [6.45, 7) is 8.97. The molecule has 3 atom stereocenters. The molecule has 24 nitrogen and oxygen atoms in total. The Labute approximate surface area is 689 Å². The van der Waals surface area contributed by atoms with Crippen LogP contribution in [0.15, 0.2) is 124 Å². The van der Waals surface area contributed by atoms with E-state index < -0.39 is 30.1 Å². The lowest BCUT2D eigenvalue weighted by atomic mass is 9.85. The molecule has 0 bridgehead atoms. The Kier molecular flexibility index (Phi) is 37.1. The molecule has 112 heavy (non-hydrogen) atoms. The van der Waals surface area contributed by atoms with Crippen LogP contribution in [0, 0.1) is 0 Å². The van der Waals surface area contributed by atoms with Crippen LogP contribution in [0.4, 0.5) is 4.79 Å². The number of urea groups is 1. The summed E-state index contributed by atoms with van der Waals surface area (Å²) in [7, 11) is -5.55. The molecule has 2 amide bonds. The van der Waals surface area contributed by atoms with Gasteiger partial charge in [-0.2, -0.15) is 0 Å². The molecule has 0 saturated carbocycles. The van der Waals surface area contributed by atoms with Crippen molar-refractivity contribution in [3.05, 3.63) is 189 Å². The van der Waals surface area contributed by atoms with Crippen LogP contribution in [0.3, 0.4) is 0 Å². The van der Waals surface area contributed by atoms with E-state index >= 15 is 0 Å². The fraction of sp³-hybridized carbons (Fsp3) is 0.506. The summed E-state index contributed by atoms with van der Waals surface area (Å²) in [5.74, 6) is -0.197. The number of sulfonamides is 3. The van der Waals surface area contributed by atoms with Gasteiger partial charge in [-0.15, -0.1) is 0 Å². The SMILES string of the molecule is CN1Cc2c(Cl)cc(Cl)cc2[C@H](c2cccc(S(=O)(=O)NCCOCCOCCCC(=O)CCCN(CCCC(=O)CCCOCCOCCNS(=O)(=O)c3cccc([C@@H]4CN(C)Cc5c(Cl)cc(Cl)cc54)c3)CCNC(=O)NCCOCCOCCNS(=O)(=O)c3cccc([C@@H]4CN(C)Cc5c(Cl)cc(Cl)cc54)c3)c2)C1. The molecular weight excluding hydrogens is 1620 g/mol. The van der Waals surface area contributed by atoms with Crippen molar-refractivity contribution in [3.8, 4) is 0 Å². The normalized spacial score (nSPS) is 16.3. The van der Waals surface area contributed by atoms with E-state index in [1.54, 1.807) is 72.8 Å². The van der Waals surface area contributed by atoms with Crippen LogP contribution in [0.2, 0.25) is 30.1 Å². The predicted molar refractivity (Wildman–Crippen MR) is 439 cm³/mol. The second-order valence-corrected chi connectivity index (χ2v) is 36.0. The summed E-state index contributed by atoms with van der Waals surface area (Å²) in [6.07, 6.45) is 3.51. The summed E-state index contributed by atoms with van der Waals surface area (Å²) in [4.78, 5) is 47.9. The number of amides is 2. The van der Waals surface area contributed by atoms with Crippen LogP contribution in [0.1, 0.15) is 119 Å². The Morgan fingerprint density at radius 1 is 0.384 bits per heavy atom. The summed E-state index contributed by atoms with van der Waals surface area (Å²) < 4.78 is 122. The zero-order chi connectivity index (χ0) is 80.2. The Hall–Kier alpha value is -5.00. The van der Waals surface area contributed by atoms with Gasteiger partial charge in [0.1, 0.15) is 11.6 Å². The Morgan fingerprint density at radius 2 is 0.688 bits per heavy atom. The van der Waals surface area contributed by atoms with Crippen molar-refractivity contribution in [1.82, 2.24) is 44.4 Å².